The number of unbranched alkanes of at least 4 members (excludes halogenated alkanes) is 10. The molecule has 0 aromatic heterocycles. The van der Waals surface area contributed by atoms with Gasteiger partial charge in [0.05, 0.1) is 27.7 Å². The zero-order valence-corrected chi connectivity index (χ0v) is 19.8. The molecule has 0 aliphatic heterocycles. The highest BCUT2D eigenvalue weighted by molar-refractivity contribution is 7.40. The minimum Gasteiger partial charge on any atom is -0.429 e. The molecular formula is C24H43NO3P+. The fourth-order valence-electron chi connectivity index (χ4n) is 3.10. The predicted molar refractivity (Wildman–Crippen MR) is 124 cm³/mol. The van der Waals surface area contributed by atoms with Gasteiger partial charge in [0, 0.05) is 0 Å². The van der Waals surface area contributed by atoms with Gasteiger partial charge in [-0.15, -0.1) is 0 Å². The van der Waals surface area contributed by atoms with Gasteiger partial charge in [-0.3, -0.25) is 0 Å². The second-order valence-corrected chi connectivity index (χ2v) is 9.65. The molecule has 1 aromatic rings. The summed E-state index contributed by atoms with van der Waals surface area (Å²) in [6.07, 6.45) is 18.8. The SMILES string of the molecule is C[N+](C)(C)C=COP(O)OCCCCCCCCCCCCCc1ccccc1. The summed E-state index contributed by atoms with van der Waals surface area (Å²) in [5.41, 5.74) is 1.47. The van der Waals surface area contributed by atoms with Crippen LogP contribution < -0.4 is 0 Å². The molecule has 0 heterocycles. The number of hydrogen-bond acceptors (Lipinski definition) is 3. The standard InChI is InChI=1S/C24H43NO3P/c1-25(2,3)21-23-28-29(26)27-22-17-12-10-8-6-4-5-7-9-11-14-18-24-19-15-13-16-20-24/h13,15-16,19-21,23,26H,4-12,14,17-18,22H2,1-3H3/q+1. The van der Waals surface area contributed by atoms with Crippen LogP contribution >= 0.6 is 8.60 Å². The summed E-state index contributed by atoms with van der Waals surface area (Å²) in [7, 11) is 4.28. The Kier molecular flexibility index (Phi) is 15.1. The average Bonchev–Trinajstić information content (AvgIpc) is 2.68. The number of benzene rings is 1. The third-order valence-electron chi connectivity index (χ3n) is 4.81. The van der Waals surface area contributed by atoms with Crippen LogP contribution in [0, 0.1) is 0 Å². The molecule has 0 aliphatic rings. The van der Waals surface area contributed by atoms with Gasteiger partial charge in [-0.05, 0) is 24.8 Å². The van der Waals surface area contributed by atoms with Crippen LogP contribution in [-0.2, 0) is 15.5 Å². The second-order valence-electron chi connectivity index (χ2n) is 8.70. The Balaban J connectivity index is 1.78. The van der Waals surface area contributed by atoms with E-state index in [0.717, 1.165) is 12.8 Å². The lowest BCUT2D eigenvalue weighted by Crippen LogP contribution is -2.26. The monoisotopic (exact) mass is 424 g/mol. The number of rotatable bonds is 18. The van der Waals surface area contributed by atoms with E-state index in [0.29, 0.717) is 11.1 Å². The first kappa shape index (κ1) is 26.1. The summed E-state index contributed by atoms with van der Waals surface area (Å²) in [5.74, 6) is 0. The molecule has 0 aliphatic carbocycles. The summed E-state index contributed by atoms with van der Waals surface area (Å²) in [6.45, 7) is 0.573. The van der Waals surface area contributed by atoms with Crippen molar-refractivity contribution in [2.75, 3.05) is 27.7 Å². The van der Waals surface area contributed by atoms with Crippen LogP contribution in [0.2, 0.25) is 0 Å². The lowest BCUT2D eigenvalue weighted by atomic mass is 10.0. The van der Waals surface area contributed by atoms with Crippen LogP contribution in [-0.4, -0.2) is 37.1 Å². The molecular weight excluding hydrogens is 381 g/mol. The first-order valence-electron chi connectivity index (χ1n) is 11.3. The van der Waals surface area contributed by atoms with Crippen molar-refractivity contribution in [2.24, 2.45) is 0 Å². The first-order chi connectivity index (χ1) is 14.0. The summed E-state index contributed by atoms with van der Waals surface area (Å²) in [6, 6.07) is 10.8. The van der Waals surface area contributed by atoms with Gasteiger partial charge in [0.25, 0.3) is 0 Å². The van der Waals surface area contributed by atoms with Crippen molar-refractivity contribution in [1.82, 2.24) is 0 Å². The molecule has 1 rings (SSSR count). The minimum atomic E-state index is -1.78. The van der Waals surface area contributed by atoms with Gasteiger partial charge in [-0.1, -0.05) is 88.1 Å². The van der Waals surface area contributed by atoms with E-state index in [4.69, 9.17) is 9.05 Å². The van der Waals surface area contributed by atoms with Gasteiger partial charge in [0.15, 0.2) is 0 Å². The van der Waals surface area contributed by atoms with Gasteiger partial charge >= 0.3 is 8.60 Å². The van der Waals surface area contributed by atoms with Crippen molar-refractivity contribution < 1.29 is 18.4 Å². The maximum absolute atomic E-state index is 9.64. The Morgan fingerprint density at radius 1 is 0.793 bits per heavy atom. The highest BCUT2D eigenvalue weighted by Crippen LogP contribution is 2.33. The lowest BCUT2D eigenvalue weighted by Gasteiger charge is -2.17. The third kappa shape index (κ3) is 17.6. The van der Waals surface area contributed by atoms with E-state index in [1.54, 1.807) is 0 Å². The van der Waals surface area contributed by atoms with Crippen molar-refractivity contribution >= 4 is 8.60 Å². The van der Waals surface area contributed by atoms with Crippen molar-refractivity contribution in [1.29, 1.82) is 0 Å². The predicted octanol–water partition coefficient (Wildman–Crippen LogP) is 6.95. The molecule has 0 spiro atoms. The molecule has 0 amide bonds. The van der Waals surface area contributed by atoms with Crippen LogP contribution in [0.15, 0.2) is 42.8 Å². The van der Waals surface area contributed by atoms with Gasteiger partial charge in [0.1, 0.15) is 12.5 Å². The van der Waals surface area contributed by atoms with Crippen LogP contribution in [0.1, 0.15) is 76.2 Å². The van der Waals surface area contributed by atoms with Crippen molar-refractivity contribution in [2.45, 2.75) is 77.0 Å². The first-order valence-corrected chi connectivity index (χ1v) is 12.4. The molecule has 1 N–H and O–H groups in total. The molecule has 0 saturated heterocycles. The summed E-state index contributed by atoms with van der Waals surface area (Å²) >= 11 is 0. The molecule has 4 nitrogen and oxygen atoms in total. The van der Waals surface area contributed by atoms with Crippen LogP contribution in [0.5, 0.6) is 0 Å². The summed E-state index contributed by atoms with van der Waals surface area (Å²) < 4.78 is 11.1. The molecule has 29 heavy (non-hydrogen) atoms. The van der Waals surface area contributed by atoms with E-state index in [1.165, 1.54) is 76.0 Å². The van der Waals surface area contributed by atoms with Gasteiger partial charge < -0.3 is 18.4 Å². The molecule has 1 unspecified atom stereocenters. The van der Waals surface area contributed by atoms with Crippen molar-refractivity contribution in [3.8, 4) is 0 Å². The lowest BCUT2D eigenvalue weighted by molar-refractivity contribution is -0.817. The Morgan fingerprint density at radius 2 is 1.31 bits per heavy atom. The zero-order valence-electron chi connectivity index (χ0n) is 18.9. The number of hydrogen-bond donors (Lipinski definition) is 1. The Hall–Kier alpha value is -0.930. The molecule has 0 bridgehead atoms. The van der Waals surface area contributed by atoms with E-state index in [2.05, 4.69) is 30.3 Å². The minimum absolute atomic E-state index is 0.573. The Bertz CT molecular complexity index is 517. The quantitative estimate of drug-likeness (QED) is 0.120. The zero-order chi connectivity index (χ0) is 21.2. The van der Waals surface area contributed by atoms with E-state index in [9.17, 15) is 4.89 Å². The number of aryl methyl sites for hydroxylation is 1. The molecule has 0 radical (unpaired) electrons. The van der Waals surface area contributed by atoms with Gasteiger partial charge in [-0.2, -0.15) is 0 Å². The molecule has 166 valence electrons. The second kappa shape index (κ2) is 16.8. The fourth-order valence-corrected chi connectivity index (χ4v) is 3.61. The Morgan fingerprint density at radius 3 is 1.86 bits per heavy atom. The van der Waals surface area contributed by atoms with Crippen LogP contribution in [0.25, 0.3) is 0 Å². The van der Waals surface area contributed by atoms with Crippen LogP contribution in [0.3, 0.4) is 0 Å². The molecule has 0 fully saturated rings. The fraction of sp³-hybridized carbons (Fsp3) is 0.667. The molecule has 1 atom stereocenters. The highest BCUT2D eigenvalue weighted by atomic mass is 31.2. The largest absolute Gasteiger partial charge is 0.429 e. The van der Waals surface area contributed by atoms with E-state index in [-0.39, 0.29) is 0 Å². The molecule has 0 saturated carbocycles. The third-order valence-corrected chi connectivity index (χ3v) is 5.52. The summed E-state index contributed by atoms with van der Waals surface area (Å²) in [4.78, 5) is 9.64. The van der Waals surface area contributed by atoms with E-state index >= 15 is 0 Å². The maximum atomic E-state index is 9.64. The van der Waals surface area contributed by atoms with Gasteiger partial charge in [0.2, 0.25) is 0 Å². The number of nitrogens with zero attached hydrogens (tertiary/aromatic N) is 1. The number of quaternary nitrogens is 1. The summed E-state index contributed by atoms with van der Waals surface area (Å²) in [5, 5.41) is 0. The van der Waals surface area contributed by atoms with E-state index < -0.39 is 8.60 Å². The van der Waals surface area contributed by atoms with Crippen LogP contribution in [0.4, 0.5) is 0 Å². The Labute approximate surface area is 180 Å². The molecule has 1 aromatic carbocycles. The topological polar surface area (TPSA) is 38.7 Å². The highest BCUT2D eigenvalue weighted by Gasteiger charge is 2.07. The normalized spacial score (nSPS) is 13.1. The van der Waals surface area contributed by atoms with E-state index in [1.807, 2.05) is 27.3 Å². The maximum Gasteiger partial charge on any atom is 0.393 e. The van der Waals surface area contributed by atoms with Crippen molar-refractivity contribution in [3.05, 3.63) is 48.4 Å². The molecule has 5 heteroatoms. The van der Waals surface area contributed by atoms with Crippen molar-refractivity contribution in [3.63, 3.8) is 0 Å². The van der Waals surface area contributed by atoms with Gasteiger partial charge in [-0.25, -0.2) is 0 Å². The average molecular weight is 425 g/mol. The smallest absolute Gasteiger partial charge is 0.393 e.